The summed E-state index contributed by atoms with van der Waals surface area (Å²) < 4.78 is 70.0. The molecule has 1 fully saturated rings. The summed E-state index contributed by atoms with van der Waals surface area (Å²) in [5, 5.41) is 0. The second-order valence-corrected chi connectivity index (χ2v) is 9.13. The zero-order valence-corrected chi connectivity index (χ0v) is 19.5. The van der Waals surface area contributed by atoms with E-state index in [9.17, 15) is 22.0 Å². The van der Waals surface area contributed by atoms with Crippen molar-refractivity contribution < 1.29 is 22.0 Å². The average Bonchev–Trinajstić information content (AvgIpc) is 3.29. The number of nitrogens with zero attached hydrogens (tertiary/aromatic N) is 6. The van der Waals surface area contributed by atoms with Gasteiger partial charge in [-0.3, -0.25) is 4.98 Å². The molecule has 1 aromatic carbocycles. The highest BCUT2D eigenvalue weighted by Gasteiger charge is 2.44. The van der Waals surface area contributed by atoms with Crippen LogP contribution in [0.1, 0.15) is 18.4 Å². The molecule has 4 heterocycles. The largest absolute Gasteiger partial charge is 0.382 e. The second kappa shape index (κ2) is 9.54. The van der Waals surface area contributed by atoms with Gasteiger partial charge < -0.3 is 20.9 Å². The smallest absolute Gasteiger partial charge is 0.271 e. The van der Waals surface area contributed by atoms with Gasteiger partial charge in [0.25, 0.3) is 6.43 Å². The van der Waals surface area contributed by atoms with Crippen molar-refractivity contribution in [1.29, 1.82) is 0 Å². The summed E-state index contributed by atoms with van der Waals surface area (Å²) in [6.45, 7) is 0.467. The lowest BCUT2D eigenvalue weighted by atomic mass is 9.85. The molecule has 0 saturated carbocycles. The van der Waals surface area contributed by atoms with Gasteiger partial charge in [0.05, 0.1) is 36.0 Å². The van der Waals surface area contributed by atoms with E-state index in [2.05, 4.69) is 19.9 Å². The number of nitrogens with two attached hydrogens (primary N) is 2. The Morgan fingerprint density at radius 3 is 2.59 bits per heavy atom. The number of benzene rings is 1. The number of hydrogen-bond donors (Lipinski definition) is 2. The van der Waals surface area contributed by atoms with Crippen LogP contribution in [0.2, 0.25) is 0 Å². The van der Waals surface area contributed by atoms with Crippen LogP contribution in [0, 0.1) is 11.6 Å². The maximum atomic E-state index is 14.4. The molecule has 3 aromatic heterocycles. The Morgan fingerprint density at radius 2 is 1.84 bits per heavy atom. The van der Waals surface area contributed by atoms with Gasteiger partial charge in [-0.05, 0) is 42.7 Å². The normalized spacial score (nSPS) is 19.1. The molecule has 2 atom stereocenters. The first kappa shape index (κ1) is 24.8. The highest BCUT2D eigenvalue weighted by atomic mass is 19.3. The number of nitrogen functional groups attached to an aromatic ring is 1. The molecule has 194 valence electrons. The molecule has 2 unspecified atom stereocenters. The number of hydrogen-bond acceptors (Lipinski definition) is 7. The third-order valence-corrected chi connectivity index (χ3v) is 6.62. The summed E-state index contributed by atoms with van der Waals surface area (Å²) in [5.41, 5.74) is 13.0. The van der Waals surface area contributed by atoms with E-state index in [0.717, 1.165) is 12.1 Å². The van der Waals surface area contributed by atoms with Gasteiger partial charge in [-0.1, -0.05) is 0 Å². The number of rotatable bonds is 6. The van der Waals surface area contributed by atoms with Crippen LogP contribution in [-0.4, -0.2) is 55.7 Å². The zero-order chi connectivity index (χ0) is 26.3. The fourth-order valence-corrected chi connectivity index (χ4v) is 4.71. The number of fused-ring (bicyclic) bond motifs is 1. The van der Waals surface area contributed by atoms with Crippen LogP contribution in [-0.2, 0) is 6.54 Å². The molecule has 1 saturated heterocycles. The van der Waals surface area contributed by atoms with Crippen LogP contribution in [0.15, 0.2) is 43.1 Å². The monoisotopic (exact) mass is 518 g/mol. The third kappa shape index (κ3) is 4.66. The van der Waals surface area contributed by atoms with Gasteiger partial charge in [0.1, 0.15) is 11.8 Å². The summed E-state index contributed by atoms with van der Waals surface area (Å²) in [6, 6.07) is 5.10. The fourth-order valence-electron chi connectivity index (χ4n) is 4.71. The highest BCUT2D eigenvalue weighted by molar-refractivity contribution is 5.81. The Kier molecular flexibility index (Phi) is 6.40. The molecule has 37 heavy (non-hydrogen) atoms. The molecule has 0 amide bonds. The van der Waals surface area contributed by atoms with E-state index in [0.29, 0.717) is 46.6 Å². The number of imidazole rings is 1. The summed E-state index contributed by atoms with van der Waals surface area (Å²) in [7, 11) is 0. The van der Waals surface area contributed by atoms with E-state index in [4.69, 9.17) is 11.5 Å². The molecule has 1 aliphatic heterocycles. The summed E-state index contributed by atoms with van der Waals surface area (Å²) in [4.78, 5) is 18.6. The minimum Gasteiger partial charge on any atom is -0.382 e. The lowest BCUT2D eigenvalue weighted by Gasteiger charge is -2.43. The molecule has 0 spiro atoms. The Balaban J connectivity index is 1.58. The first-order valence-corrected chi connectivity index (χ1v) is 11.5. The molecule has 5 rings (SSSR count). The van der Waals surface area contributed by atoms with Crippen molar-refractivity contribution in [2.24, 2.45) is 5.73 Å². The molecule has 13 heteroatoms. The van der Waals surface area contributed by atoms with E-state index in [-0.39, 0.29) is 25.3 Å². The molecule has 4 N–H and O–H groups in total. The summed E-state index contributed by atoms with van der Waals surface area (Å²) >= 11 is 0. The van der Waals surface area contributed by atoms with Crippen molar-refractivity contribution in [3.63, 3.8) is 0 Å². The van der Waals surface area contributed by atoms with E-state index in [1.807, 2.05) is 0 Å². The minimum absolute atomic E-state index is 0.104. The number of piperidine rings is 1. The Morgan fingerprint density at radius 1 is 1.03 bits per heavy atom. The van der Waals surface area contributed by atoms with Crippen molar-refractivity contribution in [1.82, 2.24) is 24.5 Å². The first-order chi connectivity index (χ1) is 17.7. The average molecular weight is 518 g/mol. The van der Waals surface area contributed by atoms with Gasteiger partial charge in [0.2, 0.25) is 0 Å². The standard InChI is InChI=1S/C24H23F5N8/c25-15-3-2-13(6-16(15)26)17-7-14(9-37-12-35-19-22(30)33-11-34-23(19)37)18(8-32-17)36-5-1-4-24(31,10-36)20(27)21(28)29/h2-3,6-8,11-12,20-21H,1,4-5,9-10,31H2,(H2,30,33,34). The number of pyridine rings is 1. The van der Waals surface area contributed by atoms with Gasteiger partial charge in [-0.2, -0.15) is 0 Å². The zero-order valence-electron chi connectivity index (χ0n) is 19.5. The topological polar surface area (TPSA) is 112 Å². The molecule has 8 nitrogen and oxygen atoms in total. The van der Waals surface area contributed by atoms with Gasteiger partial charge >= 0.3 is 0 Å². The van der Waals surface area contributed by atoms with E-state index in [1.54, 1.807) is 15.5 Å². The Hall–Kier alpha value is -3.87. The predicted molar refractivity (Wildman–Crippen MR) is 128 cm³/mol. The molecular formula is C24H23F5N8. The van der Waals surface area contributed by atoms with Crippen LogP contribution in [0.3, 0.4) is 0 Å². The number of halogens is 5. The van der Waals surface area contributed by atoms with Gasteiger partial charge in [0, 0.05) is 18.7 Å². The van der Waals surface area contributed by atoms with Crippen molar-refractivity contribution in [2.45, 2.75) is 37.5 Å². The lowest BCUT2D eigenvalue weighted by Crippen LogP contribution is -2.62. The summed E-state index contributed by atoms with van der Waals surface area (Å²) in [5.74, 6) is -1.82. The van der Waals surface area contributed by atoms with Gasteiger partial charge in [-0.25, -0.2) is 36.9 Å². The molecule has 0 bridgehead atoms. The maximum absolute atomic E-state index is 14.4. The fraction of sp³-hybridized carbons (Fsp3) is 0.333. The predicted octanol–water partition coefficient (Wildman–Crippen LogP) is 3.70. The van der Waals surface area contributed by atoms with Crippen LogP contribution in [0.25, 0.3) is 22.4 Å². The molecule has 0 radical (unpaired) electrons. The first-order valence-electron chi connectivity index (χ1n) is 11.5. The number of aromatic nitrogens is 5. The van der Waals surface area contributed by atoms with Gasteiger partial charge in [0.15, 0.2) is 29.3 Å². The molecule has 1 aliphatic rings. The van der Waals surface area contributed by atoms with Crippen molar-refractivity contribution in [3.8, 4) is 11.3 Å². The summed E-state index contributed by atoms with van der Waals surface area (Å²) in [6.07, 6.45) is -0.884. The quantitative estimate of drug-likeness (QED) is 0.375. The Bertz CT molecular complexity index is 1440. The lowest BCUT2D eigenvalue weighted by molar-refractivity contribution is -0.000395. The van der Waals surface area contributed by atoms with E-state index in [1.165, 1.54) is 24.9 Å². The van der Waals surface area contributed by atoms with E-state index < -0.39 is 29.8 Å². The molecule has 4 aromatic rings. The SMILES string of the molecule is Nc1ncnc2c1ncn2Cc1cc(-c2ccc(F)c(F)c2)ncc1N1CCCC(N)(C(F)C(F)F)C1. The Labute approximate surface area is 208 Å². The number of anilines is 2. The maximum Gasteiger partial charge on any atom is 0.271 e. The van der Waals surface area contributed by atoms with Gasteiger partial charge in [-0.15, -0.1) is 0 Å². The molecule has 0 aliphatic carbocycles. The van der Waals surface area contributed by atoms with Crippen molar-refractivity contribution in [2.75, 3.05) is 23.7 Å². The number of alkyl halides is 3. The third-order valence-electron chi connectivity index (χ3n) is 6.62. The van der Waals surface area contributed by atoms with Crippen LogP contribution in [0.4, 0.5) is 33.5 Å². The van der Waals surface area contributed by atoms with Crippen molar-refractivity contribution in [3.05, 3.63) is 60.3 Å². The van der Waals surface area contributed by atoms with E-state index >= 15 is 0 Å². The van der Waals surface area contributed by atoms with Crippen molar-refractivity contribution >= 4 is 22.7 Å². The highest BCUT2D eigenvalue weighted by Crippen LogP contribution is 2.34. The second-order valence-electron chi connectivity index (χ2n) is 9.13. The molecular weight excluding hydrogens is 495 g/mol. The van der Waals surface area contributed by atoms with Crippen LogP contribution < -0.4 is 16.4 Å². The van der Waals surface area contributed by atoms with Crippen LogP contribution >= 0.6 is 0 Å². The minimum atomic E-state index is -3.21. The van der Waals surface area contributed by atoms with Crippen LogP contribution in [0.5, 0.6) is 0 Å².